The highest BCUT2D eigenvalue weighted by molar-refractivity contribution is 7.90. The number of carbonyl (C=O) groups excluding carboxylic acids is 1. The molecule has 0 aliphatic rings. The van der Waals surface area contributed by atoms with E-state index in [1.807, 2.05) is 0 Å². The Morgan fingerprint density at radius 3 is 2.44 bits per heavy atom. The number of carbonyl (C=O) groups is 1. The normalized spacial score (nSPS) is 11.1. The number of aromatic nitrogens is 3. The maximum atomic E-state index is 12.2. The summed E-state index contributed by atoms with van der Waals surface area (Å²) in [5, 5.41) is 7.66. The van der Waals surface area contributed by atoms with Crippen molar-refractivity contribution < 1.29 is 13.2 Å². The molecule has 0 saturated carbocycles. The van der Waals surface area contributed by atoms with Gasteiger partial charge in [-0.1, -0.05) is 0 Å². The number of sulfone groups is 1. The highest BCUT2D eigenvalue weighted by Gasteiger charge is 2.12. The summed E-state index contributed by atoms with van der Waals surface area (Å²) >= 11 is 1.25. The van der Waals surface area contributed by atoms with Crippen LogP contribution in [0.4, 0.5) is 16.8 Å². The molecule has 0 atom stereocenters. The topological polar surface area (TPSA) is 114 Å². The van der Waals surface area contributed by atoms with Gasteiger partial charge in [-0.2, -0.15) is 0 Å². The minimum atomic E-state index is -3.27. The molecule has 0 aliphatic heterocycles. The van der Waals surface area contributed by atoms with E-state index in [9.17, 15) is 13.2 Å². The molecule has 25 heavy (non-hydrogen) atoms. The third kappa shape index (κ3) is 4.37. The third-order valence-corrected chi connectivity index (χ3v) is 4.95. The van der Waals surface area contributed by atoms with Crippen molar-refractivity contribution in [1.82, 2.24) is 15.0 Å². The van der Waals surface area contributed by atoms with E-state index in [2.05, 4.69) is 25.6 Å². The van der Waals surface area contributed by atoms with Gasteiger partial charge in [0.25, 0.3) is 5.91 Å². The van der Waals surface area contributed by atoms with Crippen LogP contribution in [0.2, 0.25) is 0 Å². The summed E-state index contributed by atoms with van der Waals surface area (Å²) in [7, 11) is -3.27. The van der Waals surface area contributed by atoms with Crippen LogP contribution in [0.1, 0.15) is 10.5 Å². The fourth-order valence-corrected chi connectivity index (χ4v) is 3.19. The molecule has 0 bridgehead atoms. The average Bonchev–Trinajstić information content (AvgIpc) is 3.04. The van der Waals surface area contributed by atoms with E-state index in [0.29, 0.717) is 16.8 Å². The fraction of sp³-hybridized carbons (Fsp3) is 0.0667. The highest BCUT2D eigenvalue weighted by atomic mass is 32.2. The molecule has 3 rings (SSSR count). The largest absolute Gasteiger partial charge is 0.321 e. The molecule has 1 aromatic carbocycles. The lowest BCUT2D eigenvalue weighted by molar-refractivity contribution is 0.102. The highest BCUT2D eigenvalue weighted by Crippen LogP contribution is 2.20. The molecular weight excluding hydrogens is 362 g/mol. The molecule has 0 spiro atoms. The first-order chi connectivity index (χ1) is 11.9. The van der Waals surface area contributed by atoms with Crippen molar-refractivity contribution in [2.75, 3.05) is 16.9 Å². The number of nitrogens with one attached hydrogen (secondary N) is 2. The quantitative estimate of drug-likeness (QED) is 0.703. The van der Waals surface area contributed by atoms with Crippen molar-refractivity contribution in [1.29, 1.82) is 0 Å². The van der Waals surface area contributed by atoms with Crippen LogP contribution >= 0.6 is 11.3 Å². The van der Waals surface area contributed by atoms with Gasteiger partial charge >= 0.3 is 0 Å². The Kier molecular flexibility index (Phi) is 4.72. The van der Waals surface area contributed by atoms with Gasteiger partial charge in [0.1, 0.15) is 5.69 Å². The lowest BCUT2D eigenvalue weighted by atomic mass is 10.3. The van der Waals surface area contributed by atoms with Gasteiger partial charge in [-0.05, 0) is 30.3 Å². The first-order valence-electron chi connectivity index (χ1n) is 7.03. The summed E-state index contributed by atoms with van der Waals surface area (Å²) in [5.74, 6) is -0.00874. The van der Waals surface area contributed by atoms with Crippen molar-refractivity contribution >= 4 is 43.8 Å². The van der Waals surface area contributed by atoms with E-state index >= 15 is 0 Å². The second-order valence-corrected chi connectivity index (χ2v) is 7.86. The fourth-order valence-electron chi connectivity index (χ4n) is 1.88. The molecule has 2 N–H and O–H groups in total. The predicted octanol–water partition coefficient (Wildman–Crippen LogP) is 2.33. The molecule has 2 aromatic heterocycles. The SMILES string of the molecule is CS(=O)(=O)c1ccc(NC(=O)c2csc(Nc3ncccn3)n2)cc1. The number of nitrogens with zero attached hydrogens (tertiary/aromatic N) is 3. The monoisotopic (exact) mass is 375 g/mol. The van der Waals surface area contributed by atoms with Gasteiger partial charge in [0.05, 0.1) is 4.90 Å². The molecule has 128 valence electrons. The number of benzene rings is 1. The number of anilines is 3. The minimum absolute atomic E-state index is 0.188. The van der Waals surface area contributed by atoms with Crippen molar-refractivity contribution in [3.05, 3.63) is 53.8 Å². The van der Waals surface area contributed by atoms with Crippen LogP contribution in [-0.2, 0) is 9.84 Å². The van der Waals surface area contributed by atoms with Gasteiger partial charge < -0.3 is 10.6 Å². The van der Waals surface area contributed by atoms with Crippen LogP contribution in [0.25, 0.3) is 0 Å². The zero-order chi connectivity index (χ0) is 17.9. The smallest absolute Gasteiger partial charge is 0.275 e. The summed E-state index contributed by atoms with van der Waals surface area (Å²) in [5.41, 5.74) is 0.710. The Bertz CT molecular complexity index is 986. The summed E-state index contributed by atoms with van der Waals surface area (Å²) in [6.07, 6.45) is 4.31. The maximum Gasteiger partial charge on any atom is 0.275 e. The molecule has 0 aliphatic carbocycles. The van der Waals surface area contributed by atoms with Gasteiger partial charge in [0.2, 0.25) is 5.95 Å². The molecule has 8 nitrogen and oxygen atoms in total. The third-order valence-electron chi connectivity index (χ3n) is 3.06. The zero-order valence-electron chi connectivity index (χ0n) is 13.0. The van der Waals surface area contributed by atoms with Crippen molar-refractivity contribution in [3.8, 4) is 0 Å². The Morgan fingerprint density at radius 1 is 1.12 bits per heavy atom. The molecule has 0 radical (unpaired) electrons. The first kappa shape index (κ1) is 17.0. The van der Waals surface area contributed by atoms with Gasteiger partial charge in [-0.25, -0.2) is 23.4 Å². The Hall–Kier alpha value is -2.85. The van der Waals surface area contributed by atoms with E-state index in [-0.39, 0.29) is 10.6 Å². The van der Waals surface area contributed by atoms with Gasteiger partial charge in [0, 0.05) is 29.7 Å². The van der Waals surface area contributed by atoms with Crippen molar-refractivity contribution in [2.24, 2.45) is 0 Å². The second kappa shape index (κ2) is 6.95. The second-order valence-electron chi connectivity index (χ2n) is 4.99. The van der Waals surface area contributed by atoms with E-state index < -0.39 is 15.7 Å². The molecule has 0 fully saturated rings. The van der Waals surface area contributed by atoms with Gasteiger partial charge in [-0.15, -0.1) is 11.3 Å². The average molecular weight is 375 g/mol. The summed E-state index contributed by atoms with van der Waals surface area (Å²) in [4.78, 5) is 24.6. The molecular formula is C15H13N5O3S2. The summed E-state index contributed by atoms with van der Waals surface area (Å²) in [6.45, 7) is 0. The number of thiazole rings is 1. The van der Waals surface area contributed by atoms with Crippen LogP contribution in [0.5, 0.6) is 0 Å². The van der Waals surface area contributed by atoms with E-state index in [0.717, 1.165) is 6.26 Å². The van der Waals surface area contributed by atoms with Crippen LogP contribution < -0.4 is 10.6 Å². The Morgan fingerprint density at radius 2 is 1.80 bits per heavy atom. The lowest BCUT2D eigenvalue weighted by Crippen LogP contribution is -2.12. The van der Waals surface area contributed by atoms with E-state index in [1.165, 1.54) is 35.6 Å². The van der Waals surface area contributed by atoms with Crippen LogP contribution in [-0.4, -0.2) is 35.5 Å². The predicted molar refractivity (Wildman–Crippen MR) is 94.9 cm³/mol. The molecule has 0 saturated heterocycles. The first-order valence-corrected chi connectivity index (χ1v) is 9.80. The lowest BCUT2D eigenvalue weighted by Gasteiger charge is -2.04. The van der Waals surface area contributed by atoms with Gasteiger partial charge in [0.15, 0.2) is 15.0 Å². The number of rotatable bonds is 5. The molecule has 0 unspecified atom stereocenters. The van der Waals surface area contributed by atoms with Crippen molar-refractivity contribution in [3.63, 3.8) is 0 Å². The molecule has 3 aromatic rings. The molecule has 2 heterocycles. The molecule has 10 heteroatoms. The standard InChI is InChI=1S/C15H13N5O3S2/c1-25(22,23)11-5-3-10(4-6-11)18-13(21)12-9-24-15(19-12)20-14-16-7-2-8-17-14/h2-9H,1H3,(H,18,21)(H,16,17,19,20). The van der Waals surface area contributed by atoms with E-state index in [4.69, 9.17) is 0 Å². The van der Waals surface area contributed by atoms with Crippen molar-refractivity contribution in [2.45, 2.75) is 4.90 Å². The number of hydrogen-bond acceptors (Lipinski definition) is 8. The van der Waals surface area contributed by atoms with Gasteiger partial charge in [-0.3, -0.25) is 4.79 Å². The van der Waals surface area contributed by atoms with Crippen LogP contribution in [0.3, 0.4) is 0 Å². The molecule has 1 amide bonds. The van der Waals surface area contributed by atoms with E-state index in [1.54, 1.807) is 23.8 Å². The minimum Gasteiger partial charge on any atom is -0.321 e. The summed E-state index contributed by atoms with van der Waals surface area (Å²) in [6, 6.07) is 7.62. The Labute approximate surface area is 147 Å². The van der Waals surface area contributed by atoms with Crippen LogP contribution in [0.15, 0.2) is 53.0 Å². The number of hydrogen-bond donors (Lipinski definition) is 2. The van der Waals surface area contributed by atoms with Crippen LogP contribution in [0, 0.1) is 0 Å². The number of amides is 1. The maximum absolute atomic E-state index is 12.2. The Balaban J connectivity index is 1.67. The zero-order valence-corrected chi connectivity index (χ0v) is 14.6. The summed E-state index contributed by atoms with van der Waals surface area (Å²) < 4.78 is 22.9.